The zero-order chi connectivity index (χ0) is 35.9. The molecule has 8 fully saturated rings. The van der Waals surface area contributed by atoms with Gasteiger partial charge in [0.1, 0.15) is 11.2 Å². The van der Waals surface area contributed by atoms with E-state index in [0.29, 0.717) is 51.9 Å². The first kappa shape index (κ1) is 37.6. The minimum Gasteiger partial charge on any atom is -0.456 e. The van der Waals surface area contributed by atoms with E-state index in [9.17, 15) is 19.2 Å². The van der Waals surface area contributed by atoms with Gasteiger partial charge in [-0.3, -0.25) is 0 Å². The Morgan fingerprint density at radius 1 is 0.694 bits per heavy atom. The molecule has 49 heavy (non-hydrogen) atoms. The van der Waals surface area contributed by atoms with Crippen molar-refractivity contribution < 1.29 is 38.1 Å². The summed E-state index contributed by atoms with van der Waals surface area (Å²) in [7, 11) is 0. The maximum absolute atomic E-state index is 12.5. The maximum Gasteiger partial charge on any atom is 0.344 e. The van der Waals surface area contributed by atoms with Crippen LogP contribution in [0.25, 0.3) is 0 Å². The molecule has 0 spiro atoms. The van der Waals surface area contributed by atoms with Crippen LogP contribution in [-0.4, -0.2) is 48.3 Å². The van der Waals surface area contributed by atoms with Gasteiger partial charge in [0.05, 0.1) is 0 Å². The molecular formula is C41H62O8. The summed E-state index contributed by atoms with van der Waals surface area (Å²) >= 11 is 0. The fourth-order valence-corrected chi connectivity index (χ4v) is 12.5. The van der Waals surface area contributed by atoms with Crippen LogP contribution in [0, 0.1) is 58.2 Å². The number of rotatable bonds is 12. The minimum absolute atomic E-state index is 0.298. The lowest BCUT2D eigenvalue weighted by Gasteiger charge is -2.65. The van der Waals surface area contributed by atoms with Crippen molar-refractivity contribution in [1.29, 1.82) is 0 Å². The van der Waals surface area contributed by atoms with E-state index in [2.05, 4.69) is 54.7 Å². The van der Waals surface area contributed by atoms with E-state index < -0.39 is 23.9 Å². The fraction of sp³-hybridized carbons (Fsp3) is 0.805. The summed E-state index contributed by atoms with van der Waals surface area (Å²) in [4.78, 5) is 47.7. The van der Waals surface area contributed by atoms with Gasteiger partial charge in [-0.2, -0.15) is 0 Å². The number of esters is 4. The Hall–Kier alpha value is -2.64. The molecule has 6 unspecified atom stereocenters. The molecule has 0 radical (unpaired) electrons. The second-order valence-corrected chi connectivity index (χ2v) is 17.8. The van der Waals surface area contributed by atoms with Crippen LogP contribution < -0.4 is 0 Å². The Morgan fingerprint density at radius 2 is 1.06 bits per heavy atom. The monoisotopic (exact) mass is 682 g/mol. The largest absolute Gasteiger partial charge is 0.456 e. The van der Waals surface area contributed by atoms with Crippen molar-refractivity contribution >= 4 is 23.9 Å². The van der Waals surface area contributed by atoms with E-state index >= 15 is 0 Å². The quantitative estimate of drug-likeness (QED) is 0.115. The highest BCUT2D eigenvalue weighted by Crippen LogP contribution is 2.67. The van der Waals surface area contributed by atoms with Crippen molar-refractivity contribution in [2.24, 2.45) is 58.2 Å². The third-order valence-corrected chi connectivity index (χ3v) is 14.1. The van der Waals surface area contributed by atoms with Crippen LogP contribution in [-0.2, 0) is 38.1 Å². The van der Waals surface area contributed by atoms with Crippen LogP contribution in [0.3, 0.4) is 0 Å². The summed E-state index contributed by atoms with van der Waals surface area (Å²) in [6.45, 7) is 21.4. The van der Waals surface area contributed by atoms with Crippen molar-refractivity contribution in [3.8, 4) is 0 Å². The molecule has 0 aromatic heterocycles. The summed E-state index contributed by atoms with van der Waals surface area (Å²) in [5, 5.41) is 0. The standard InChI is InChI=1S/C21H32O4.C20H30O4/c1-6-14(4)21(25-18(22)12-24-19(23)13(2)3)16-7-15-8-17(21)11-20(5,9-15)10-16;1-5-13(3)20(24-18(22)12-23-17(21)6-2)15-7-14-8-16(20)11-19(4,9-14)10-15/h14-17H,2,6-12H2,1,3-5H3;6,13-16H,2,5,7-12H2,1,3-4H3. The molecule has 0 amide bonds. The molecule has 8 aliphatic rings. The summed E-state index contributed by atoms with van der Waals surface area (Å²) in [5.41, 5.74) is 0.398. The number of hydrogen-bond donors (Lipinski definition) is 0. The average molecular weight is 683 g/mol. The van der Waals surface area contributed by atoms with Crippen LogP contribution in [0.5, 0.6) is 0 Å². The normalized spacial score (nSPS) is 40.3. The molecule has 8 bridgehead atoms. The van der Waals surface area contributed by atoms with Crippen LogP contribution in [0.1, 0.15) is 126 Å². The summed E-state index contributed by atoms with van der Waals surface area (Å²) in [5.74, 6) is 2.08. The van der Waals surface area contributed by atoms with Crippen LogP contribution in [0.4, 0.5) is 0 Å². The van der Waals surface area contributed by atoms with Crippen LogP contribution in [0.2, 0.25) is 0 Å². The van der Waals surface area contributed by atoms with Gasteiger partial charge in [0.2, 0.25) is 0 Å². The first-order chi connectivity index (χ1) is 23.0. The van der Waals surface area contributed by atoms with Gasteiger partial charge < -0.3 is 18.9 Å². The minimum atomic E-state index is -0.581. The maximum atomic E-state index is 12.5. The Kier molecular flexibility index (Phi) is 10.9. The Balaban J connectivity index is 0.000000191. The molecule has 0 aliphatic heterocycles. The summed E-state index contributed by atoms with van der Waals surface area (Å²) in [6, 6.07) is 0. The molecule has 0 aromatic rings. The van der Waals surface area contributed by atoms with Gasteiger partial charge in [-0.15, -0.1) is 0 Å². The van der Waals surface area contributed by atoms with E-state index in [-0.39, 0.29) is 24.4 Å². The molecule has 6 atom stereocenters. The molecular weight excluding hydrogens is 620 g/mol. The zero-order valence-electron chi connectivity index (χ0n) is 31.3. The topological polar surface area (TPSA) is 105 Å². The lowest BCUT2D eigenvalue weighted by atomic mass is 9.43. The third kappa shape index (κ3) is 7.13. The second-order valence-electron chi connectivity index (χ2n) is 17.8. The molecule has 8 saturated carbocycles. The van der Waals surface area contributed by atoms with Gasteiger partial charge in [-0.25, -0.2) is 19.2 Å². The van der Waals surface area contributed by atoms with Crippen molar-refractivity contribution in [2.45, 2.75) is 137 Å². The van der Waals surface area contributed by atoms with E-state index in [4.69, 9.17) is 18.9 Å². The number of carbonyl (C=O) groups is 4. The van der Waals surface area contributed by atoms with Crippen molar-refractivity contribution in [1.82, 2.24) is 0 Å². The average Bonchev–Trinajstić information content (AvgIpc) is 3.03. The fourth-order valence-electron chi connectivity index (χ4n) is 12.5. The molecule has 8 aliphatic carbocycles. The van der Waals surface area contributed by atoms with Crippen molar-refractivity contribution in [3.05, 3.63) is 24.8 Å². The Labute approximate surface area is 294 Å². The number of hydrogen-bond acceptors (Lipinski definition) is 8. The molecule has 0 heterocycles. The Morgan fingerprint density at radius 3 is 1.37 bits per heavy atom. The number of carbonyl (C=O) groups excluding carboxylic acids is 4. The molecule has 8 rings (SSSR count). The van der Waals surface area contributed by atoms with Gasteiger partial charge in [0.25, 0.3) is 0 Å². The lowest BCUT2D eigenvalue weighted by molar-refractivity contribution is -0.242. The molecule has 8 heteroatoms. The molecule has 0 N–H and O–H groups in total. The van der Waals surface area contributed by atoms with E-state index in [1.54, 1.807) is 6.92 Å². The van der Waals surface area contributed by atoms with Crippen molar-refractivity contribution in [3.63, 3.8) is 0 Å². The van der Waals surface area contributed by atoms with E-state index in [1.165, 1.54) is 38.5 Å². The predicted molar refractivity (Wildman–Crippen MR) is 187 cm³/mol. The highest BCUT2D eigenvalue weighted by molar-refractivity contribution is 5.88. The van der Waals surface area contributed by atoms with Gasteiger partial charge in [-0.05, 0) is 118 Å². The van der Waals surface area contributed by atoms with Crippen LogP contribution >= 0.6 is 0 Å². The number of ether oxygens (including phenoxy) is 4. The predicted octanol–water partition coefficient (Wildman–Crippen LogP) is 8.17. The molecule has 274 valence electrons. The second kappa shape index (κ2) is 14.2. The van der Waals surface area contributed by atoms with Gasteiger partial charge in [0, 0.05) is 35.3 Å². The van der Waals surface area contributed by atoms with Gasteiger partial charge >= 0.3 is 23.9 Å². The highest BCUT2D eigenvalue weighted by atomic mass is 16.6. The molecule has 8 nitrogen and oxygen atoms in total. The molecule has 0 saturated heterocycles. The summed E-state index contributed by atoms with van der Waals surface area (Å²) < 4.78 is 22.3. The van der Waals surface area contributed by atoms with Gasteiger partial charge in [-0.1, -0.05) is 54.7 Å². The van der Waals surface area contributed by atoms with E-state index in [1.807, 2.05) is 0 Å². The highest BCUT2D eigenvalue weighted by Gasteiger charge is 2.65. The lowest BCUT2D eigenvalue weighted by Crippen LogP contribution is -2.65. The first-order valence-electron chi connectivity index (χ1n) is 19.1. The van der Waals surface area contributed by atoms with E-state index in [0.717, 1.165) is 56.4 Å². The van der Waals surface area contributed by atoms with Gasteiger partial charge in [0.15, 0.2) is 13.2 Å². The smallest absolute Gasteiger partial charge is 0.344 e. The third-order valence-electron chi connectivity index (χ3n) is 14.1. The Bertz CT molecular complexity index is 1280. The zero-order valence-corrected chi connectivity index (χ0v) is 31.3. The molecule has 0 aromatic carbocycles. The van der Waals surface area contributed by atoms with Crippen molar-refractivity contribution in [2.75, 3.05) is 13.2 Å². The first-order valence-corrected chi connectivity index (χ1v) is 19.1. The van der Waals surface area contributed by atoms with Crippen LogP contribution in [0.15, 0.2) is 24.8 Å². The summed E-state index contributed by atoms with van der Waals surface area (Å²) in [6.07, 6.45) is 15.1. The SMILES string of the molecule is C=C(C)C(=O)OCC(=O)OC1(C(C)CC)C2CC3CC1CC(C)(C3)C2.C=CC(=O)OCC(=O)OC1(C(C)CC)C2CC3CC1CC(C)(C3)C2.